The quantitative estimate of drug-likeness (QED) is 0.776. The molecule has 0 spiro atoms. The van der Waals surface area contributed by atoms with Crippen molar-refractivity contribution in [3.63, 3.8) is 0 Å². The molecule has 0 saturated heterocycles. The number of halogens is 1. The summed E-state index contributed by atoms with van der Waals surface area (Å²) in [5.74, 6) is 1.14. The Hall–Kier alpha value is -1.61. The Morgan fingerprint density at radius 1 is 1.12 bits per heavy atom. The number of benzene rings is 1. The minimum atomic E-state index is 0.442. The Kier molecular flexibility index (Phi) is 3.94. The lowest BCUT2D eigenvalue weighted by molar-refractivity contribution is 0.939. The summed E-state index contributed by atoms with van der Waals surface area (Å²) in [7, 11) is 0. The number of para-hydroxylation sites is 1. The van der Waals surface area contributed by atoms with Crippen molar-refractivity contribution >= 4 is 23.2 Å². The molecule has 0 aliphatic carbocycles. The molecule has 0 amide bonds. The van der Waals surface area contributed by atoms with E-state index in [-0.39, 0.29) is 0 Å². The van der Waals surface area contributed by atoms with Crippen LogP contribution < -0.4 is 4.90 Å². The molecule has 88 valence electrons. The number of hydrogen-bond donors (Lipinski definition) is 0. The van der Waals surface area contributed by atoms with Crippen LogP contribution in [0.2, 0.25) is 0 Å². The van der Waals surface area contributed by atoms with Crippen LogP contribution in [-0.4, -0.2) is 16.5 Å². The average molecular weight is 248 g/mol. The van der Waals surface area contributed by atoms with Crippen molar-refractivity contribution in [2.75, 3.05) is 11.4 Å². The second-order valence-electron chi connectivity index (χ2n) is 3.60. The van der Waals surface area contributed by atoms with Crippen LogP contribution in [0.15, 0.2) is 42.7 Å². The highest BCUT2D eigenvalue weighted by Gasteiger charge is 2.08. The molecule has 0 fully saturated rings. The number of alkyl halides is 1. The fourth-order valence-corrected chi connectivity index (χ4v) is 1.74. The van der Waals surface area contributed by atoms with Gasteiger partial charge in [-0.15, -0.1) is 11.6 Å². The molecule has 17 heavy (non-hydrogen) atoms. The molecule has 0 saturated carbocycles. The van der Waals surface area contributed by atoms with E-state index >= 15 is 0 Å². The molecule has 2 rings (SSSR count). The topological polar surface area (TPSA) is 29.0 Å². The second kappa shape index (κ2) is 5.64. The molecule has 4 heteroatoms. The van der Waals surface area contributed by atoms with Crippen molar-refractivity contribution in [1.29, 1.82) is 0 Å². The second-order valence-corrected chi connectivity index (χ2v) is 3.87. The van der Waals surface area contributed by atoms with Gasteiger partial charge in [0.2, 0.25) is 5.95 Å². The number of hydrogen-bond acceptors (Lipinski definition) is 3. The zero-order valence-electron chi connectivity index (χ0n) is 9.68. The minimum absolute atomic E-state index is 0.442. The number of anilines is 2. The van der Waals surface area contributed by atoms with E-state index < -0.39 is 0 Å². The summed E-state index contributed by atoms with van der Waals surface area (Å²) in [4.78, 5) is 10.7. The minimum Gasteiger partial charge on any atom is -0.311 e. The van der Waals surface area contributed by atoms with Gasteiger partial charge in [-0.1, -0.05) is 18.2 Å². The van der Waals surface area contributed by atoms with Crippen LogP contribution in [0.3, 0.4) is 0 Å². The Morgan fingerprint density at radius 2 is 1.76 bits per heavy atom. The van der Waals surface area contributed by atoms with Crippen LogP contribution >= 0.6 is 11.6 Å². The van der Waals surface area contributed by atoms with E-state index in [9.17, 15) is 0 Å². The molecule has 1 aromatic heterocycles. The molecule has 0 aliphatic rings. The Morgan fingerprint density at radius 3 is 2.29 bits per heavy atom. The zero-order valence-corrected chi connectivity index (χ0v) is 10.4. The normalized spacial score (nSPS) is 10.2. The summed E-state index contributed by atoms with van der Waals surface area (Å²) >= 11 is 5.72. The highest BCUT2D eigenvalue weighted by atomic mass is 35.5. The first-order valence-corrected chi connectivity index (χ1v) is 6.08. The predicted octanol–water partition coefficient (Wildman–Crippen LogP) is 3.37. The molecule has 1 heterocycles. The lowest BCUT2D eigenvalue weighted by Crippen LogP contribution is -2.18. The van der Waals surface area contributed by atoms with Gasteiger partial charge < -0.3 is 4.90 Å². The van der Waals surface area contributed by atoms with Crippen molar-refractivity contribution in [3.8, 4) is 0 Å². The van der Waals surface area contributed by atoms with E-state index in [2.05, 4.69) is 21.8 Å². The van der Waals surface area contributed by atoms with Gasteiger partial charge in [0.1, 0.15) is 0 Å². The average Bonchev–Trinajstić information content (AvgIpc) is 2.42. The predicted molar refractivity (Wildman–Crippen MR) is 70.7 cm³/mol. The fraction of sp³-hybridized carbons (Fsp3) is 0.231. The first-order valence-electron chi connectivity index (χ1n) is 5.54. The molecule has 0 unspecified atom stereocenters. The summed E-state index contributed by atoms with van der Waals surface area (Å²) in [6.07, 6.45) is 3.53. The molecule has 0 aliphatic heterocycles. The van der Waals surface area contributed by atoms with Gasteiger partial charge in [-0.05, 0) is 19.1 Å². The third kappa shape index (κ3) is 2.74. The van der Waals surface area contributed by atoms with E-state index in [1.54, 1.807) is 12.4 Å². The van der Waals surface area contributed by atoms with Crippen LogP contribution in [0, 0.1) is 0 Å². The van der Waals surface area contributed by atoms with Gasteiger partial charge in [0, 0.05) is 30.2 Å². The Balaban J connectivity index is 2.29. The van der Waals surface area contributed by atoms with Crippen LogP contribution in [0.1, 0.15) is 12.5 Å². The smallest absolute Gasteiger partial charge is 0.229 e. The maximum absolute atomic E-state index is 5.72. The first-order chi connectivity index (χ1) is 8.35. The molecule has 3 nitrogen and oxygen atoms in total. The van der Waals surface area contributed by atoms with Gasteiger partial charge in [-0.25, -0.2) is 9.97 Å². The van der Waals surface area contributed by atoms with E-state index in [1.165, 1.54) is 0 Å². The molecule has 2 aromatic rings. The van der Waals surface area contributed by atoms with Gasteiger partial charge in [0.15, 0.2) is 0 Å². The van der Waals surface area contributed by atoms with E-state index in [0.29, 0.717) is 11.8 Å². The highest BCUT2D eigenvalue weighted by molar-refractivity contribution is 6.17. The van der Waals surface area contributed by atoms with Crippen molar-refractivity contribution in [1.82, 2.24) is 9.97 Å². The van der Waals surface area contributed by atoms with Gasteiger partial charge in [-0.3, -0.25) is 0 Å². The molecule has 1 aromatic carbocycles. The van der Waals surface area contributed by atoms with Gasteiger partial charge in [-0.2, -0.15) is 0 Å². The molecular weight excluding hydrogens is 234 g/mol. The zero-order chi connectivity index (χ0) is 12.1. The summed E-state index contributed by atoms with van der Waals surface area (Å²) < 4.78 is 0. The third-order valence-electron chi connectivity index (χ3n) is 2.47. The molecule has 0 N–H and O–H groups in total. The summed E-state index contributed by atoms with van der Waals surface area (Å²) in [5, 5.41) is 0. The molecule has 0 atom stereocenters. The molecule has 0 radical (unpaired) electrons. The van der Waals surface area contributed by atoms with E-state index in [0.717, 1.165) is 17.8 Å². The lowest BCUT2D eigenvalue weighted by atomic mass is 10.3. The van der Waals surface area contributed by atoms with Crippen LogP contribution in [0.4, 0.5) is 11.6 Å². The summed E-state index contributed by atoms with van der Waals surface area (Å²) in [5.41, 5.74) is 2.02. The van der Waals surface area contributed by atoms with Gasteiger partial charge >= 0.3 is 0 Å². The van der Waals surface area contributed by atoms with Crippen molar-refractivity contribution < 1.29 is 0 Å². The largest absolute Gasteiger partial charge is 0.311 e. The van der Waals surface area contributed by atoms with Crippen molar-refractivity contribution in [2.45, 2.75) is 12.8 Å². The Labute approximate surface area is 106 Å². The van der Waals surface area contributed by atoms with Crippen molar-refractivity contribution in [2.24, 2.45) is 0 Å². The van der Waals surface area contributed by atoms with Crippen molar-refractivity contribution in [3.05, 3.63) is 48.3 Å². The maximum atomic E-state index is 5.72. The third-order valence-corrected chi connectivity index (χ3v) is 2.78. The molecule has 0 bridgehead atoms. The van der Waals surface area contributed by atoms with E-state index in [4.69, 9.17) is 11.6 Å². The molecular formula is C13H14ClN3. The highest BCUT2D eigenvalue weighted by Crippen LogP contribution is 2.20. The summed E-state index contributed by atoms with van der Waals surface area (Å²) in [6, 6.07) is 10.1. The first kappa shape index (κ1) is 11.9. The van der Waals surface area contributed by atoms with Crippen LogP contribution in [0.5, 0.6) is 0 Å². The Bertz CT molecular complexity index is 456. The maximum Gasteiger partial charge on any atom is 0.229 e. The summed E-state index contributed by atoms with van der Waals surface area (Å²) in [6.45, 7) is 2.90. The van der Waals surface area contributed by atoms with Gasteiger partial charge in [0.25, 0.3) is 0 Å². The van der Waals surface area contributed by atoms with Crippen LogP contribution in [-0.2, 0) is 5.88 Å². The monoisotopic (exact) mass is 247 g/mol. The SMILES string of the molecule is CCN(c1ccccc1)c1ncc(CCl)cn1. The number of nitrogens with zero attached hydrogens (tertiary/aromatic N) is 3. The fourth-order valence-electron chi connectivity index (χ4n) is 1.60. The number of rotatable bonds is 4. The van der Waals surface area contributed by atoms with E-state index in [1.807, 2.05) is 30.3 Å². The van der Waals surface area contributed by atoms with Crippen LogP contribution in [0.25, 0.3) is 0 Å². The van der Waals surface area contributed by atoms with Gasteiger partial charge in [0.05, 0.1) is 5.88 Å². The standard InChI is InChI=1S/C13H14ClN3/c1-2-17(12-6-4-3-5-7-12)13-15-9-11(8-14)10-16-13/h3-7,9-10H,2,8H2,1H3. The lowest BCUT2D eigenvalue weighted by Gasteiger charge is -2.20. The number of aromatic nitrogens is 2.